The average molecular weight is 305 g/mol. The van der Waals surface area contributed by atoms with Crippen molar-refractivity contribution in [3.63, 3.8) is 0 Å². The third-order valence-corrected chi connectivity index (χ3v) is 3.74. The molecule has 1 nitrogen and oxygen atoms in total. The first-order chi connectivity index (χ1) is 8.49. The Kier molecular flexibility index (Phi) is 3.88. The second-order valence-corrected chi connectivity index (χ2v) is 5.68. The van der Waals surface area contributed by atoms with Gasteiger partial charge in [0.1, 0.15) is 6.10 Å². The fourth-order valence-electron chi connectivity index (χ4n) is 2.25. The molecule has 0 saturated carbocycles. The summed E-state index contributed by atoms with van der Waals surface area (Å²) in [5.41, 5.74) is 5.38. The van der Waals surface area contributed by atoms with Crippen LogP contribution in [0.1, 0.15) is 33.9 Å². The van der Waals surface area contributed by atoms with Gasteiger partial charge in [-0.15, -0.1) is 0 Å². The molecule has 0 bridgehead atoms. The van der Waals surface area contributed by atoms with Crippen LogP contribution in [0.2, 0.25) is 0 Å². The van der Waals surface area contributed by atoms with E-state index in [1.165, 1.54) is 5.56 Å². The van der Waals surface area contributed by atoms with Crippen LogP contribution in [-0.4, -0.2) is 5.11 Å². The lowest BCUT2D eigenvalue weighted by molar-refractivity contribution is 0.219. The van der Waals surface area contributed by atoms with E-state index < -0.39 is 6.10 Å². The van der Waals surface area contributed by atoms with E-state index in [4.69, 9.17) is 0 Å². The number of aliphatic hydroxyl groups excluding tert-OH is 1. The van der Waals surface area contributed by atoms with Gasteiger partial charge in [0.2, 0.25) is 0 Å². The molecule has 0 amide bonds. The highest BCUT2D eigenvalue weighted by molar-refractivity contribution is 9.10. The van der Waals surface area contributed by atoms with Crippen molar-refractivity contribution in [3.8, 4) is 0 Å². The molecular formula is C16H17BrO. The molecule has 1 atom stereocenters. The van der Waals surface area contributed by atoms with Crippen molar-refractivity contribution < 1.29 is 5.11 Å². The van der Waals surface area contributed by atoms with E-state index in [-0.39, 0.29) is 0 Å². The SMILES string of the molecule is Cc1ccc(C(O)c2ccc(Br)cc2C)c(C)c1. The van der Waals surface area contributed by atoms with E-state index in [0.717, 1.165) is 26.7 Å². The molecule has 0 spiro atoms. The maximum absolute atomic E-state index is 10.5. The molecule has 0 fully saturated rings. The van der Waals surface area contributed by atoms with Gasteiger partial charge in [-0.25, -0.2) is 0 Å². The number of rotatable bonds is 2. The number of aryl methyl sites for hydroxylation is 3. The minimum absolute atomic E-state index is 0.557. The summed E-state index contributed by atoms with van der Waals surface area (Å²) in [6.07, 6.45) is -0.557. The highest BCUT2D eigenvalue weighted by Gasteiger charge is 2.15. The number of benzene rings is 2. The lowest BCUT2D eigenvalue weighted by atomic mass is 9.94. The fourth-order valence-corrected chi connectivity index (χ4v) is 2.72. The molecule has 1 N–H and O–H groups in total. The van der Waals surface area contributed by atoms with Crippen LogP contribution in [0.15, 0.2) is 40.9 Å². The molecule has 0 aliphatic heterocycles. The first-order valence-corrected chi connectivity index (χ1v) is 6.79. The summed E-state index contributed by atoms with van der Waals surface area (Å²) in [6.45, 7) is 6.13. The van der Waals surface area contributed by atoms with Gasteiger partial charge >= 0.3 is 0 Å². The molecule has 2 heteroatoms. The van der Waals surface area contributed by atoms with E-state index in [1.54, 1.807) is 0 Å². The van der Waals surface area contributed by atoms with Crippen LogP contribution in [0.25, 0.3) is 0 Å². The zero-order chi connectivity index (χ0) is 13.3. The summed E-state index contributed by atoms with van der Waals surface area (Å²) in [5.74, 6) is 0. The minimum atomic E-state index is -0.557. The number of halogens is 1. The van der Waals surface area contributed by atoms with Gasteiger partial charge in [0, 0.05) is 4.47 Å². The molecule has 0 aliphatic rings. The summed E-state index contributed by atoms with van der Waals surface area (Å²) in [5, 5.41) is 10.5. The fraction of sp³-hybridized carbons (Fsp3) is 0.250. The van der Waals surface area contributed by atoms with Crippen LogP contribution in [0.3, 0.4) is 0 Å². The van der Waals surface area contributed by atoms with Crippen molar-refractivity contribution in [3.05, 3.63) is 68.7 Å². The van der Waals surface area contributed by atoms with Crippen molar-refractivity contribution in [1.29, 1.82) is 0 Å². The van der Waals surface area contributed by atoms with Gasteiger partial charge in [0.15, 0.2) is 0 Å². The number of hydrogen-bond acceptors (Lipinski definition) is 1. The Morgan fingerprint density at radius 1 is 0.889 bits per heavy atom. The van der Waals surface area contributed by atoms with Crippen LogP contribution in [-0.2, 0) is 0 Å². The minimum Gasteiger partial charge on any atom is -0.384 e. The molecule has 0 saturated heterocycles. The maximum atomic E-state index is 10.5. The molecule has 2 rings (SSSR count). The van der Waals surface area contributed by atoms with Crippen LogP contribution in [0, 0.1) is 20.8 Å². The molecule has 0 heterocycles. The Morgan fingerprint density at radius 3 is 2.00 bits per heavy atom. The van der Waals surface area contributed by atoms with E-state index in [1.807, 2.05) is 44.2 Å². The normalized spacial score (nSPS) is 12.5. The van der Waals surface area contributed by atoms with Gasteiger partial charge < -0.3 is 5.11 Å². The number of hydrogen-bond donors (Lipinski definition) is 1. The van der Waals surface area contributed by atoms with E-state index >= 15 is 0 Å². The van der Waals surface area contributed by atoms with E-state index in [0.29, 0.717) is 0 Å². The third-order valence-electron chi connectivity index (χ3n) is 3.25. The zero-order valence-electron chi connectivity index (χ0n) is 10.9. The van der Waals surface area contributed by atoms with Crippen LogP contribution >= 0.6 is 15.9 Å². The largest absolute Gasteiger partial charge is 0.384 e. The van der Waals surface area contributed by atoms with Gasteiger partial charge in [-0.05, 0) is 55.2 Å². The summed E-state index contributed by atoms with van der Waals surface area (Å²) in [4.78, 5) is 0. The summed E-state index contributed by atoms with van der Waals surface area (Å²) in [6, 6.07) is 12.1. The van der Waals surface area contributed by atoms with Gasteiger partial charge in [-0.2, -0.15) is 0 Å². The first-order valence-electron chi connectivity index (χ1n) is 6.00. The topological polar surface area (TPSA) is 20.2 Å². The predicted octanol–water partition coefficient (Wildman–Crippen LogP) is 4.46. The van der Waals surface area contributed by atoms with Crippen LogP contribution < -0.4 is 0 Å². The van der Waals surface area contributed by atoms with E-state index in [2.05, 4.69) is 28.9 Å². The standard InChI is InChI=1S/C16H17BrO/c1-10-4-6-14(11(2)8-10)16(18)15-7-5-13(17)9-12(15)3/h4-9,16,18H,1-3H3. The molecule has 94 valence electrons. The Labute approximate surface area is 117 Å². The van der Waals surface area contributed by atoms with Gasteiger partial charge in [0.25, 0.3) is 0 Å². The van der Waals surface area contributed by atoms with Gasteiger partial charge in [0.05, 0.1) is 0 Å². The molecule has 2 aromatic carbocycles. The summed E-state index contributed by atoms with van der Waals surface area (Å²) >= 11 is 3.44. The quantitative estimate of drug-likeness (QED) is 0.868. The van der Waals surface area contributed by atoms with Crippen LogP contribution in [0.5, 0.6) is 0 Å². The smallest absolute Gasteiger partial charge is 0.105 e. The molecule has 0 radical (unpaired) electrons. The highest BCUT2D eigenvalue weighted by Crippen LogP contribution is 2.29. The van der Waals surface area contributed by atoms with Crippen molar-refractivity contribution in [2.24, 2.45) is 0 Å². The maximum Gasteiger partial charge on any atom is 0.105 e. The summed E-state index contributed by atoms with van der Waals surface area (Å²) in [7, 11) is 0. The Bertz CT molecular complexity index is 524. The van der Waals surface area contributed by atoms with Crippen molar-refractivity contribution >= 4 is 15.9 Å². The second-order valence-electron chi connectivity index (χ2n) is 4.76. The van der Waals surface area contributed by atoms with Crippen molar-refractivity contribution in [2.45, 2.75) is 26.9 Å². The van der Waals surface area contributed by atoms with Gasteiger partial charge in [-0.3, -0.25) is 0 Å². The second kappa shape index (κ2) is 5.25. The molecule has 1 unspecified atom stereocenters. The average Bonchev–Trinajstić information content (AvgIpc) is 2.28. The Morgan fingerprint density at radius 2 is 1.44 bits per heavy atom. The molecular weight excluding hydrogens is 288 g/mol. The molecule has 0 aromatic heterocycles. The molecule has 2 aromatic rings. The zero-order valence-corrected chi connectivity index (χ0v) is 12.5. The molecule has 0 aliphatic carbocycles. The summed E-state index contributed by atoms with van der Waals surface area (Å²) < 4.78 is 1.04. The van der Waals surface area contributed by atoms with Crippen molar-refractivity contribution in [2.75, 3.05) is 0 Å². The Balaban J connectivity index is 2.44. The number of aliphatic hydroxyl groups is 1. The van der Waals surface area contributed by atoms with E-state index in [9.17, 15) is 5.11 Å². The predicted molar refractivity (Wildman–Crippen MR) is 78.9 cm³/mol. The third kappa shape index (κ3) is 2.65. The first kappa shape index (κ1) is 13.3. The Hall–Kier alpha value is -1.12. The highest BCUT2D eigenvalue weighted by atomic mass is 79.9. The lowest BCUT2D eigenvalue weighted by Gasteiger charge is -2.17. The van der Waals surface area contributed by atoms with Crippen molar-refractivity contribution in [1.82, 2.24) is 0 Å². The molecule has 18 heavy (non-hydrogen) atoms. The monoisotopic (exact) mass is 304 g/mol. The van der Waals surface area contributed by atoms with Crippen LogP contribution in [0.4, 0.5) is 0 Å². The van der Waals surface area contributed by atoms with Gasteiger partial charge in [-0.1, -0.05) is 45.8 Å². The lowest BCUT2D eigenvalue weighted by Crippen LogP contribution is -2.04.